The summed E-state index contributed by atoms with van der Waals surface area (Å²) in [4.78, 5) is 32.1. The van der Waals surface area contributed by atoms with E-state index in [0.717, 1.165) is 18.4 Å². The highest BCUT2D eigenvalue weighted by Gasteiger charge is 2.50. The molecule has 0 unspecified atom stereocenters. The fourth-order valence-corrected chi connectivity index (χ4v) is 5.86. The minimum absolute atomic E-state index is 0.0120. The number of pyridine rings is 1. The minimum Gasteiger partial charge on any atom is -0.486 e. The average molecular weight is 562 g/mol. The third kappa shape index (κ3) is 7.33. The number of urea groups is 1. The number of carbonyl (C=O) groups excluding carboxylic acids is 2. The van der Waals surface area contributed by atoms with Gasteiger partial charge < -0.3 is 14.6 Å². The van der Waals surface area contributed by atoms with E-state index in [1.54, 1.807) is 30.5 Å². The van der Waals surface area contributed by atoms with Crippen molar-refractivity contribution in [3.8, 4) is 5.75 Å². The molecule has 3 heterocycles. The van der Waals surface area contributed by atoms with Crippen LogP contribution in [-0.4, -0.2) is 50.6 Å². The van der Waals surface area contributed by atoms with Crippen LogP contribution in [0.25, 0.3) is 0 Å². The van der Waals surface area contributed by atoms with E-state index in [1.165, 1.54) is 0 Å². The topological polar surface area (TPSA) is 110 Å². The third-order valence-corrected chi connectivity index (χ3v) is 7.88. The van der Waals surface area contributed by atoms with Gasteiger partial charge in [0.15, 0.2) is 11.6 Å². The van der Waals surface area contributed by atoms with Gasteiger partial charge >= 0.3 is 6.03 Å². The van der Waals surface area contributed by atoms with Gasteiger partial charge in [-0.3, -0.25) is 15.0 Å². The molecular weight excluding hydrogens is 518 g/mol. The molecule has 1 saturated heterocycles. The molecule has 0 saturated carbocycles. The highest BCUT2D eigenvalue weighted by Crippen LogP contribution is 2.44. The quantitative estimate of drug-likeness (QED) is 0.303. The summed E-state index contributed by atoms with van der Waals surface area (Å²) in [6, 6.07) is 11.9. The predicted octanol–water partition coefficient (Wildman–Crippen LogP) is 6.86. The summed E-state index contributed by atoms with van der Waals surface area (Å²) in [5, 5.41) is 9.32. The number of hydrogen-bond acceptors (Lipinski definition) is 7. The van der Waals surface area contributed by atoms with Gasteiger partial charge in [0.2, 0.25) is 0 Å². The number of carbonyl (C=O) groups is 2. The zero-order valence-corrected chi connectivity index (χ0v) is 25.7. The van der Waals surface area contributed by atoms with Crippen LogP contribution in [0.2, 0.25) is 0 Å². The molecule has 0 aliphatic carbocycles. The molecule has 2 amide bonds. The Balaban J connectivity index is 1.31. The summed E-state index contributed by atoms with van der Waals surface area (Å²) in [5.41, 5.74) is 1.22. The van der Waals surface area contributed by atoms with Crippen molar-refractivity contribution >= 4 is 23.3 Å². The molecule has 1 fully saturated rings. The summed E-state index contributed by atoms with van der Waals surface area (Å²) in [6.07, 6.45) is 3.60. The first-order chi connectivity index (χ1) is 19.0. The van der Waals surface area contributed by atoms with Crippen LogP contribution in [0.5, 0.6) is 5.75 Å². The van der Waals surface area contributed by atoms with Crippen LogP contribution in [0.3, 0.4) is 0 Å². The first kappa shape index (κ1) is 30.2. The smallest absolute Gasteiger partial charge is 0.324 e. The number of hydrogen-bond donors (Lipinski definition) is 2. The second kappa shape index (κ2) is 10.9. The number of aromatic nitrogens is 2. The zero-order chi connectivity index (χ0) is 30.2. The van der Waals surface area contributed by atoms with E-state index < -0.39 is 6.03 Å². The summed E-state index contributed by atoms with van der Waals surface area (Å²) >= 11 is 0. The van der Waals surface area contributed by atoms with Gasteiger partial charge in [-0.05, 0) is 71.5 Å². The number of benzene rings is 1. The molecule has 0 atom stereocenters. The molecule has 1 aromatic carbocycles. The van der Waals surface area contributed by atoms with E-state index in [4.69, 9.17) is 9.26 Å². The third-order valence-electron chi connectivity index (χ3n) is 7.88. The Kier molecular flexibility index (Phi) is 8.06. The van der Waals surface area contributed by atoms with Crippen molar-refractivity contribution in [2.24, 2.45) is 0 Å². The van der Waals surface area contributed by atoms with Gasteiger partial charge in [-0.15, -0.1) is 0 Å². The zero-order valence-electron chi connectivity index (χ0n) is 25.7. The molecule has 9 heteroatoms. The molecular formula is C32H43N5O4. The molecule has 2 N–H and O–H groups in total. The standard InChI is InChI=1S/C32H43N5O4/c1-29(2,3)26-17-27(36-41-26)35-28(39)34-22-12-10-21(11-13-22)16-25(38)24-15-14-23(18-33-24)40-32(8)19-30(4,5)37(9)31(6,7)20-32/h10-15,17-18H,16,19-20H2,1-9H3,(H2,34,35,36,39). The van der Waals surface area contributed by atoms with E-state index in [-0.39, 0.29) is 34.3 Å². The average Bonchev–Trinajstić information content (AvgIpc) is 3.32. The highest BCUT2D eigenvalue weighted by molar-refractivity contribution is 5.99. The lowest BCUT2D eigenvalue weighted by Gasteiger charge is -2.57. The van der Waals surface area contributed by atoms with Crippen molar-refractivity contribution in [3.05, 3.63) is 65.7 Å². The fraction of sp³-hybridized carbons (Fsp3) is 0.500. The van der Waals surface area contributed by atoms with E-state index >= 15 is 0 Å². The van der Waals surface area contributed by atoms with Crippen molar-refractivity contribution in [1.82, 2.24) is 15.0 Å². The Morgan fingerprint density at radius 2 is 1.61 bits per heavy atom. The van der Waals surface area contributed by atoms with Crippen molar-refractivity contribution in [1.29, 1.82) is 0 Å². The van der Waals surface area contributed by atoms with Gasteiger partial charge in [0.25, 0.3) is 0 Å². The fourth-order valence-electron chi connectivity index (χ4n) is 5.86. The Morgan fingerprint density at radius 3 is 2.15 bits per heavy atom. The maximum absolute atomic E-state index is 12.9. The van der Waals surface area contributed by atoms with Crippen LogP contribution in [0.4, 0.5) is 16.3 Å². The Morgan fingerprint density at radius 1 is 0.976 bits per heavy atom. The molecule has 0 bridgehead atoms. The van der Waals surface area contributed by atoms with E-state index in [0.29, 0.717) is 28.7 Å². The molecule has 1 aliphatic heterocycles. The number of piperidine rings is 1. The first-order valence-electron chi connectivity index (χ1n) is 14.0. The number of likely N-dealkylation sites (tertiary alicyclic amines) is 1. The number of nitrogens with zero attached hydrogens (tertiary/aromatic N) is 3. The second-order valence-corrected chi connectivity index (χ2v) is 13.7. The normalized spacial score (nSPS) is 18.0. The van der Waals surface area contributed by atoms with Gasteiger partial charge in [0.05, 0.1) is 6.20 Å². The molecule has 4 rings (SSSR count). The number of rotatable bonds is 7. The molecule has 1 aliphatic rings. The van der Waals surface area contributed by atoms with Gasteiger partial charge in [0.1, 0.15) is 22.8 Å². The van der Waals surface area contributed by atoms with Crippen molar-refractivity contribution in [3.63, 3.8) is 0 Å². The van der Waals surface area contributed by atoms with E-state index in [2.05, 4.69) is 67.3 Å². The van der Waals surface area contributed by atoms with E-state index in [1.807, 2.05) is 39.0 Å². The van der Waals surface area contributed by atoms with Crippen molar-refractivity contribution < 1.29 is 18.8 Å². The summed E-state index contributed by atoms with van der Waals surface area (Å²) in [5.74, 6) is 1.59. The van der Waals surface area contributed by atoms with Crippen LogP contribution in [0.15, 0.2) is 53.2 Å². The van der Waals surface area contributed by atoms with E-state index in [9.17, 15) is 9.59 Å². The Hall–Kier alpha value is -3.72. The maximum Gasteiger partial charge on any atom is 0.324 e. The lowest BCUT2D eigenvalue weighted by Crippen LogP contribution is -2.64. The lowest BCUT2D eigenvalue weighted by molar-refractivity contribution is -0.102. The predicted molar refractivity (Wildman–Crippen MR) is 161 cm³/mol. The summed E-state index contributed by atoms with van der Waals surface area (Å²) in [7, 11) is 2.17. The Labute approximate surface area is 243 Å². The monoisotopic (exact) mass is 561 g/mol. The molecule has 3 aromatic rings. The molecule has 41 heavy (non-hydrogen) atoms. The number of anilines is 2. The lowest BCUT2D eigenvalue weighted by atomic mass is 9.72. The van der Waals surface area contributed by atoms with Crippen LogP contribution < -0.4 is 15.4 Å². The number of Topliss-reactive ketones (excluding diaryl/α,β-unsaturated/α-hetero) is 1. The largest absolute Gasteiger partial charge is 0.486 e. The van der Waals surface area contributed by atoms with Gasteiger partial charge in [0, 0.05) is 47.5 Å². The molecule has 9 nitrogen and oxygen atoms in total. The van der Waals surface area contributed by atoms with Gasteiger partial charge in [-0.1, -0.05) is 38.1 Å². The van der Waals surface area contributed by atoms with Crippen molar-refractivity contribution in [2.75, 3.05) is 17.7 Å². The van der Waals surface area contributed by atoms with Crippen LogP contribution in [0, 0.1) is 0 Å². The van der Waals surface area contributed by atoms with Crippen LogP contribution >= 0.6 is 0 Å². The maximum atomic E-state index is 12.9. The number of ketones is 1. The minimum atomic E-state index is -0.435. The highest BCUT2D eigenvalue weighted by atomic mass is 16.5. The molecule has 0 spiro atoms. The van der Waals surface area contributed by atoms with Crippen LogP contribution in [-0.2, 0) is 11.8 Å². The van der Waals surface area contributed by atoms with Gasteiger partial charge in [-0.25, -0.2) is 9.78 Å². The number of amides is 2. The first-order valence-corrected chi connectivity index (χ1v) is 14.0. The Bertz CT molecular complexity index is 1370. The summed E-state index contributed by atoms with van der Waals surface area (Å²) < 4.78 is 11.8. The van der Waals surface area contributed by atoms with Crippen molar-refractivity contribution in [2.45, 2.75) is 96.7 Å². The number of nitrogens with one attached hydrogen (secondary N) is 2. The molecule has 2 aromatic heterocycles. The SMILES string of the molecule is CN1C(C)(C)CC(C)(Oc2ccc(C(=O)Cc3ccc(NC(=O)Nc4cc(C(C)(C)C)on4)cc3)nc2)CC1(C)C. The molecule has 220 valence electrons. The molecule has 0 radical (unpaired) electrons. The van der Waals surface area contributed by atoms with Crippen LogP contribution in [0.1, 0.15) is 90.0 Å². The number of ether oxygens (including phenoxy) is 1. The summed E-state index contributed by atoms with van der Waals surface area (Å²) in [6.45, 7) is 17.1. The second-order valence-electron chi connectivity index (χ2n) is 13.7. The van der Waals surface area contributed by atoms with Gasteiger partial charge in [-0.2, -0.15) is 0 Å².